The Bertz CT molecular complexity index is 1380. The van der Waals surface area contributed by atoms with Crippen molar-refractivity contribution in [2.24, 2.45) is 0 Å². The highest BCUT2D eigenvalue weighted by atomic mass is 16.5. The van der Waals surface area contributed by atoms with Crippen LogP contribution in [0.2, 0.25) is 0 Å². The third-order valence-electron chi connectivity index (χ3n) is 5.94. The molecule has 0 fully saturated rings. The molecule has 0 spiro atoms. The number of ketones is 1. The molecular formula is C25H21N3O5. The summed E-state index contributed by atoms with van der Waals surface area (Å²) in [5.41, 5.74) is 4.10. The second kappa shape index (κ2) is 7.67. The van der Waals surface area contributed by atoms with Gasteiger partial charge < -0.3 is 19.2 Å². The van der Waals surface area contributed by atoms with E-state index in [0.29, 0.717) is 16.8 Å². The zero-order valence-electron chi connectivity index (χ0n) is 18.2. The van der Waals surface area contributed by atoms with Gasteiger partial charge in [0, 0.05) is 0 Å². The Morgan fingerprint density at radius 3 is 2.55 bits per heavy atom. The van der Waals surface area contributed by atoms with Gasteiger partial charge in [0.05, 0.1) is 36.0 Å². The SMILES string of the molecule is COc1ccc(C2C(C(=O)c3ccco3)=C(O)C(=O)N2c2nc3cc(C)c(C)cc3[nH]2)cc1. The molecule has 1 atom stereocenters. The molecule has 3 heterocycles. The van der Waals surface area contributed by atoms with E-state index in [0.717, 1.165) is 16.6 Å². The lowest BCUT2D eigenvalue weighted by molar-refractivity contribution is -0.117. The molecule has 5 rings (SSSR count). The smallest absolute Gasteiger partial charge is 0.296 e. The van der Waals surface area contributed by atoms with Crippen molar-refractivity contribution in [2.45, 2.75) is 19.9 Å². The molecule has 2 aromatic heterocycles. The molecule has 0 saturated carbocycles. The third kappa shape index (κ3) is 3.27. The maximum atomic E-state index is 13.3. The van der Waals surface area contributed by atoms with Crippen LogP contribution in [0.4, 0.5) is 5.95 Å². The number of aromatic amines is 1. The van der Waals surface area contributed by atoms with Crippen LogP contribution >= 0.6 is 0 Å². The van der Waals surface area contributed by atoms with Gasteiger partial charge in [0.2, 0.25) is 11.7 Å². The first-order valence-corrected chi connectivity index (χ1v) is 10.3. The number of rotatable bonds is 5. The minimum atomic E-state index is -0.913. The van der Waals surface area contributed by atoms with Gasteiger partial charge in [-0.15, -0.1) is 0 Å². The molecule has 2 aromatic carbocycles. The van der Waals surface area contributed by atoms with Gasteiger partial charge in [-0.05, 0) is 66.9 Å². The van der Waals surface area contributed by atoms with Gasteiger partial charge in [-0.1, -0.05) is 12.1 Å². The van der Waals surface area contributed by atoms with Gasteiger partial charge in [0.15, 0.2) is 11.5 Å². The Balaban J connectivity index is 1.68. The third-order valence-corrected chi connectivity index (χ3v) is 5.94. The number of benzene rings is 2. The number of amides is 1. The van der Waals surface area contributed by atoms with Crippen molar-refractivity contribution in [3.63, 3.8) is 0 Å². The number of imidazole rings is 1. The van der Waals surface area contributed by atoms with E-state index in [-0.39, 0.29) is 17.3 Å². The van der Waals surface area contributed by atoms with Crippen LogP contribution < -0.4 is 9.64 Å². The largest absolute Gasteiger partial charge is 0.503 e. The first-order chi connectivity index (χ1) is 15.9. The Labute approximate surface area is 189 Å². The lowest BCUT2D eigenvalue weighted by Gasteiger charge is -2.24. The normalized spacial score (nSPS) is 16.2. The molecule has 1 unspecified atom stereocenters. The van der Waals surface area contributed by atoms with E-state index in [9.17, 15) is 14.7 Å². The average Bonchev–Trinajstić information content (AvgIpc) is 3.53. The Morgan fingerprint density at radius 2 is 1.88 bits per heavy atom. The number of aromatic nitrogens is 2. The first kappa shape index (κ1) is 20.6. The van der Waals surface area contributed by atoms with Gasteiger partial charge in [0.25, 0.3) is 5.91 Å². The number of fused-ring (bicyclic) bond motifs is 1. The number of furan rings is 1. The number of nitrogens with zero attached hydrogens (tertiary/aromatic N) is 2. The number of hydrogen-bond acceptors (Lipinski definition) is 6. The molecular weight excluding hydrogens is 422 g/mol. The molecule has 8 heteroatoms. The maximum Gasteiger partial charge on any atom is 0.296 e. The van der Waals surface area contributed by atoms with E-state index in [1.807, 2.05) is 26.0 Å². The van der Waals surface area contributed by atoms with Crippen LogP contribution in [0.25, 0.3) is 11.0 Å². The van der Waals surface area contributed by atoms with Crippen LogP contribution in [0, 0.1) is 13.8 Å². The highest BCUT2D eigenvalue weighted by Gasteiger charge is 2.46. The average molecular weight is 443 g/mol. The van der Waals surface area contributed by atoms with E-state index in [2.05, 4.69) is 9.97 Å². The number of ether oxygens (including phenoxy) is 1. The van der Waals surface area contributed by atoms with Crippen LogP contribution in [0.1, 0.15) is 33.3 Å². The van der Waals surface area contributed by atoms with Crippen LogP contribution in [0.15, 0.2) is 70.5 Å². The number of anilines is 1. The van der Waals surface area contributed by atoms with Crippen molar-refractivity contribution in [1.82, 2.24) is 9.97 Å². The maximum absolute atomic E-state index is 13.3. The molecule has 33 heavy (non-hydrogen) atoms. The number of carbonyl (C=O) groups excluding carboxylic acids is 2. The fourth-order valence-electron chi connectivity index (χ4n) is 4.07. The summed E-state index contributed by atoms with van der Waals surface area (Å²) >= 11 is 0. The van der Waals surface area contributed by atoms with Crippen molar-refractivity contribution in [2.75, 3.05) is 12.0 Å². The van der Waals surface area contributed by atoms with Gasteiger partial charge in [-0.2, -0.15) is 0 Å². The quantitative estimate of drug-likeness (QED) is 0.438. The number of nitrogens with one attached hydrogen (secondary N) is 1. The van der Waals surface area contributed by atoms with Crippen molar-refractivity contribution >= 4 is 28.7 Å². The molecule has 4 aromatic rings. The monoisotopic (exact) mass is 443 g/mol. The van der Waals surface area contributed by atoms with E-state index in [4.69, 9.17) is 9.15 Å². The summed E-state index contributed by atoms with van der Waals surface area (Å²) in [5, 5.41) is 10.8. The highest BCUT2D eigenvalue weighted by Crippen LogP contribution is 2.42. The number of aryl methyl sites for hydroxylation is 2. The van der Waals surface area contributed by atoms with Gasteiger partial charge >= 0.3 is 0 Å². The summed E-state index contributed by atoms with van der Waals surface area (Å²) in [7, 11) is 1.55. The fourth-order valence-corrected chi connectivity index (χ4v) is 4.07. The van der Waals surface area contributed by atoms with Gasteiger partial charge in [0.1, 0.15) is 5.75 Å². The summed E-state index contributed by atoms with van der Waals surface area (Å²) in [4.78, 5) is 35.6. The van der Waals surface area contributed by atoms with Crippen molar-refractivity contribution in [3.8, 4) is 5.75 Å². The highest BCUT2D eigenvalue weighted by molar-refractivity contribution is 6.20. The summed E-state index contributed by atoms with van der Waals surface area (Å²) < 4.78 is 10.5. The number of aliphatic hydroxyl groups excluding tert-OH is 1. The summed E-state index contributed by atoms with van der Waals surface area (Å²) in [5.74, 6) is -1.05. The van der Waals surface area contributed by atoms with Crippen LogP contribution in [-0.2, 0) is 4.79 Å². The lowest BCUT2D eigenvalue weighted by atomic mass is 9.95. The Hall–Kier alpha value is -4.33. The molecule has 0 bridgehead atoms. The minimum absolute atomic E-state index is 0.0283. The van der Waals surface area contributed by atoms with Crippen molar-refractivity contribution in [1.29, 1.82) is 0 Å². The summed E-state index contributed by atoms with van der Waals surface area (Å²) in [6.07, 6.45) is 1.37. The number of H-pyrrole nitrogens is 1. The molecule has 8 nitrogen and oxygen atoms in total. The molecule has 0 radical (unpaired) electrons. The lowest BCUT2D eigenvalue weighted by Crippen LogP contribution is -2.32. The predicted molar refractivity (Wildman–Crippen MR) is 121 cm³/mol. The molecule has 1 aliphatic heterocycles. The molecule has 0 saturated heterocycles. The molecule has 1 amide bonds. The number of carbonyl (C=O) groups is 2. The van der Waals surface area contributed by atoms with Gasteiger partial charge in [-0.3, -0.25) is 14.5 Å². The topological polar surface area (TPSA) is 109 Å². The molecule has 1 aliphatic rings. The second-order valence-corrected chi connectivity index (χ2v) is 7.93. The zero-order chi connectivity index (χ0) is 23.3. The van der Waals surface area contributed by atoms with E-state index < -0.39 is 23.5 Å². The standard InChI is InChI=1S/C25H21N3O5/c1-13-11-17-18(12-14(13)2)27-25(26-17)28-21(15-6-8-16(32-3)9-7-15)20(23(30)24(28)31)22(29)19-5-4-10-33-19/h4-12,21,30H,1-3H3,(H,26,27). The number of aliphatic hydroxyl groups is 1. The number of hydrogen-bond donors (Lipinski definition) is 2. The molecule has 0 aliphatic carbocycles. The molecule has 2 N–H and O–H groups in total. The van der Waals surface area contributed by atoms with Crippen molar-refractivity contribution in [3.05, 3.63) is 88.6 Å². The predicted octanol–water partition coefficient (Wildman–Crippen LogP) is 4.56. The minimum Gasteiger partial charge on any atom is -0.503 e. The summed E-state index contributed by atoms with van der Waals surface area (Å²) in [6, 6.07) is 13.0. The van der Waals surface area contributed by atoms with Gasteiger partial charge in [-0.25, -0.2) is 4.98 Å². The first-order valence-electron chi connectivity index (χ1n) is 10.3. The Kier molecular flexibility index (Phi) is 4.78. The number of Topliss-reactive ketones (excluding diaryl/α,β-unsaturated/α-hetero) is 1. The van der Waals surface area contributed by atoms with Crippen LogP contribution in [0.5, 0.6) is 5.75 Å². The fraction of sp³-hybridized carbons (Fsp3) is 0.160. The van der Waals surface area contributed by atoms with E-state index >= 15 is 0 Å². The molecule has 166 valence electrons. The Morgan fingerprint density at radius 1 is 1.15 bits per heavy atom. The zero-order valence-corrected chi connectivity index (χ0v) is 18.2. The second-order valence-electron chi connectivity index (χ2n) is 7.93. The van der Waals surface area contributed by atoms with E-state index in [1.54, 1.807) is 37.4 Å². The van der Waals surface area contributed by atoms with Crippen molar-refractivity contribution < 1.29 is 23.8 Å². The van der Waals surface area contributed by atoms with E-state index in [1.165, 1.54) is 17.2 Å². The van der Waals surface area contributed by atoms with Crippen LogP contribution in [0.3, 0.4) is 0 Å². The number of methoxy groups -OCH3 is 1. The summed E-state index contributed by atoms with van der Waals surface area (Å²) in [6.45, 7) is 3.97. The van der Waals surface area contributed by atoms with Crippen LogP contribution in [-0.4, -0.2) is 33.9 Å².